The van der Waals surface area contributed by atoms with Crippen LogP contribution in [-0.2, 0) is 54.8 Å². The van der Waals surface area contributed by atoms with Crippen LogP contribution in [0.15, 0.2) is 133 Å². The highest BCUT2D eigenvalue weighted by Gasteiger charge is 2.37. The number of aliphatic carboxylic acids is 3. The molecular formula is C64H44F16N2O15. The summed E-state index contributed by atoms with van der Waals surface area (Å²) >= 11 is 0. The fraction of sp³-hybridized carbons (Fsp3) is 0.156. The third-order valence-electron chi connectivity index (χ3n) is 12.9. The van der Waals surface area contributed by atoms with Crippen molar-refractivity contribution in [1.29, 1.82) is 0 Å². The lowest BCUT2D eigenvalue weighted by Crippen LogP contribution is -2.50. The summed E-state index contributed by atoms with van der Waals surface area (Å²) in [6, 6.07) is 25.8. The number of carbonyl (C=O) groups is 6. The van der Waals surface area contributed by atoms with Crippen molar-refractivity contribution in [3.63, 3.8) is 0 Å². The second-order valence-electron chi connectivity index (χ2n) is 19.8. The lowest BCUT2D eigenvalue weighted by atomic mass is 10.0. The van der Waals surface area contributed by atoms with Gasteiger partial charge < -0.3 is 44.1 Å². The van der Waals surface area contributed by atoms with Crippen LogP contribution >= 0.6 is 0 Å². The van der Waals surface area contributed by atoms with E-state index in [2.05, 4.69) is 14.2 Å². The number of carbonyl (C=O) groups excluding carboxylic acids is 3. The molecule has 0 aliphatic carbocycles. The van der Waals surface area contributed by atoms with E-state index in [0.717, 1.165) is 16.0 Å². The van der Waals surface area contributed by atoms with Crippen molar-refractivity contribution in [2.75, 3.05) is 26.2 Å². The van der Waals surface area contributed by atoms with E-state index >= 15 is 0 Å². The third kappa shape index (κ3) is 20.9. The molecule has 4 N–H and O–H groups in total. The number of carboxylic acids is 3. The zero-order chi connectivity index (χ0) is 71.5. The summed E-state index contributed by atoms with van der Waals surface area (Å²) in [7, 11) is 0. The molecule has 0 aliphatic rings. The van der Waals surface area contributed by atoms with E-state index in [1.54, 1.807) is 54.6 Å². The first-order valence-electron chi connectivity index (χ1n) is 27.1. The van der Waals surface area contributed by atoms with Crippen LogP contribution < -0.4 is 23.7 Å². The van der Waals surface area contributed by atoms with E-state index in [9.17, 15) is 104 Å². The highest BCUT2D eigenvalue weighted by molar-refractivity contribution is 5.83. The number of phenolic OH excluding ortho intramolecular Hbond substituents is 1. The lowest BCUT2D eigenvalue weighted by molar-refractivity contribution is -0.150. The van der Waals surface area contributed by atoms with E-state index in [0.29, 0.717) is 17.9 Å². The Bertz CT molecular complexity index is 3960. The van der Waals surface area contributed by atoms with Gasteiger partial charge in [-0.3, -0.25) is 33.8 Å². The van der Waals surface area contributed by atoms with Crippen LogP contribution in [0.5, 0.6) is 34.5 Å². The Morgan fingerprint density at radius 2 is 0.639 bits per heavy atom. The number of esters is 3. The Labute approximate surface area is 535 Å². The molecule has 8 aromatic carbocycles. The minimum Gasteiger partial charge on any atom is -0.503 e. The van der Waals surface area contributed by atoms with E-state index in [4.69, 9.17) is 24.8 Å². The monoisotopic (exact) mass is 1380 g/mol. The predicted octanol–water partition coefficient (Wildman–Crippen LogP) is 11.6. The highest BCUT2D eigenvalue weighted by atomic mass is 19.2. The van der Waals surface area contributed by atoms with Gasteiger partial charge in [-0.05, 0) is 59.4 Å². The zero-order valence-electron chi connectivity index (χ0n) is 48.7. The molecule has 0 fully saturated rings. The molecule has 2 unspecified atom stereocenters. The minimum atomic E-state index is -2.35. The Kier molecular flexibility index (Phi) is 26.4. The quantitative estimate of drug-likeness (QED) is 0.0180. The van der Waals surface area contributed by atoms with Crippen molar-refractivity contribution in [2.24, 2.45) is 0 Å². The molecule has 0 radical (unpaired) electrons. The van der Waals surface area contributed by atoms with Crippen LogP contribution in [0.2, 0.25) is 0 Å². The van der Waals surface area contributed by atoms with E-state index in [1.165, 1.54) is 24.3 Å². The van der Waals surface area contributed by atoms with Crippen molar-refractivity contribution < 1.29 is 143 Å². The average molecular weight is 1390 g/mol. The maximum Gasteiger partial charge on any atom is 0.329 e. The highest BCUT2D eigenvalue weighted by Crippen LogP contribution is 2.32. The molecule has 0 aliphatic heterocycles. The molecule has 97 heavy (non-hydrogen) atoms. The van der Waals surface area contributed by atoms with Crippen LogP contribution in [0, 0.1) is 93.1 Å². The summed E-state index contributed by atoms with van der Waals surface area (Å²) in [4.78, 5) is 74.4. The molecule has 0 aromatic heterocycles. The summed E-state index contributed by atoms with van der Waals surface area (Å²) < 4.78 is 243. The van der Waals surface area contributed by atoms with Crippen LogP contribution in [0.3, 0.4) is 0 Å². The molecule has 0 amide bonds. The Morgan fingerprint density at radius 1 is 0.351 bits per heavy atom. The number of hydrogen-bond acceptors (Lipinski definition) is 14. The summed E-state index contributed by atoms with van der Waals surface area (Å²) in [5.74, 6) is -49.2. The van der Waals surface area contributed by atoms with E-state index < -0.39 is 197 Å². The fourth-order valence-electron chi connectivity index (χ4n) is 8.28. The largest absolute Gasteiger partial charge is 0.503 e. The summed E-state index contributed by atoms with van der Waals surface area (Å²) in [5.41, 5.74) is 2.38. The standard InChI is InChI=1S/C38H21F12NO7.C20H21NO7.C6H2F4O/c39-20-11-21(40)30(46)35(29(20)45)56-27(52)14-51(15-28(53)57-36-31(47)22(41)12-23(42)32(36)48)26(38(54)58-37-33(49)24(43)13-25(44)34(37)50)10-17-6-8-19(9-7-17)55-16-18-4-2-1-3-5-18;22-18(23)11-21(12-19(24)25)17(20(26)27)10-14-6-8-16(9-7-14)28-13-15-4-2-1-3-5-15;7-2-1-3(8)5(10)6(11)4(2)9/h1-9,11-13,26H,10,14-16H2;1-9,17H,10-13H2,(H,22,23)(H,24,25)(H,26,27);1,11H. The molecule has 0 heterocycles. The third-order valence-corrected chi connectivity index (χ3v) is 12.9. The van der Waals surface area contributed by atoms with Gasteiger partial charge in [0.25, 0.3) is 0 Å². The van der Waals surface area contributed by atoms with Crippen molar-refractivity contribution >= 4 is 35.8 Å². The second-order valence-corrected chi connectivity index (χ2v) is 19.8. The number of carboxylic acid groups (broad SMARTS) is 3. The van der Waals surface area contributed by atoms with Gasteiger partial charge in [0.05, 0.1) is 26.2 Å². The molecule has 0 spiro atoms. The van der Waals surface area contributed by atoms with Crippen LogP contribution in [0.1, 0.15) is 22.3 Å². The van der Waals surface area contributed by atoms with Gasteiger partial charge in [-0.1, -0.05) is 84.9 Å². The average Bonchev–Trinajstić information content (AvgIpc) is 0.934. The second kappa shape index (κ2) is 34.3. The molecule has 0 bridgehead atoms. The van der Waals surface area contributed by atoms with Crippen molar-refractivity contribution in [1.82, 2.24) is 9.80 Å². The van der Waals surface area contributed by atoms with Gasteiger partial charge in [0.2, 0.25) is 63.8 Å². The van der Waals surface area contributed by atoms with Gasteiger partial charge in [-0.2, -0.15) is 35.1 Å². The molecule has 2 atom stereocenters. The Hall–Kier alpha value is -11.2. The number of nitrogens with zero attached hydrogens (tertiary/aromatic N) is 2. The number of hydrogen-bond donors (Lipinski definition) is 4. The minimum absolute atomic E-state index is 0.000642. The normalized spacial score (nSPS) is 11.5. The van der Waals surface area contributed by atoms with Crippen molar-refractivity contribution in [3.05, 3.63) is 249 Å². The van der Waals surface area contributed by atoms with Gasteiger partial charge in [0.1, 0.15) is 36.8 Å². The van der Waals surface area contributed by atoms with E-state index in [1.807, 2.05) is 30.3 Å². The number of halogens is 16. The van der Waals surface area contributed by atoms with Crippen molar-refractivity contribution in [2.45, 2.75) is 38.1 Å². The SMILES string of the molecule is O=C(CN(CC(=O)Oc1c(F)c(F)cc(F)c1F)C(Cc1ccc(OCc2ccccc2)cc1)C(=O)Oc1c(F)c(F)cc(F)c1F)Oc1c(F)c(F)cc(F)c1F.O=C(O)CN(CC(=O)O)C(Cc1ccc(OCc2ccccc2)cc1)C(=O)O.Oc1c(F)c(F)cc(F)c1F. The topological polar surface area (TPSA) is 236 Å². The molecule has 0 saturated heterocycles. The van der Waals surface area contributed by atoms with Crippen LogP contribution in [-0.4, -0.2) is 104 Å². The Morgan fingerprint density at radius 3 is 0.948 bits per heavy atom. The number of benzene rings is 8. The Balaban J connectivity index is 0.000000312. The zero-order valence-corrected chi connectivity index (χ0v) is 48.7. The van der Waals surface area contributed by atoms with Gasteiger partial charge in [-0.15, -0.1) is 0 Å². The first-order chi connectivity index (χ1) is 45.8. The first-order valence-corrected chi connectivity index (χ1v) is 27.1. The van der Waals surface area contributed by atoms with Crippen LogP contribution in [0.25, 0.3) is 0 Å². The smallest absolute Gasteiger partial charge is 0.329 e. The molecule has 8 rings (SSSR count). The number of rotatable bonds is 25. The van der Waals surface area contributed by atoms with E-state index in [-0.39, 0.29) is 53.5 Å². The molecular weight excluding hydrogens is 1340 g/mol. The molecule has 33 heteroatoms. The first kappa shape index (κ1) is 74.8. The van der Waals surface area contributed by atoms with Gasteiger partial charge in [-0.25, -0.2) is 39.9 Å². The summed E-state index contributed by atoms with van der Waals surface area (Å²) in [6.07, 6.45) is -0.886. The number of ether oxygens (including phenoxy) is 5. The van der Waals surface area contributed by atoms with Gasteiger partial charge in [0, 0.05) is 24.3 Å². The molecule has 0 saturated carbocycles. The molecule has 512 valence electrons. The van der Waals surface area contributed by atoms with Crippen molar-refractivity contribution in [3.8, 4) is 34.5 Å². The maximum atomic E-state index is 14.6. The van der Waals surface area contributed by atoms with Crippen LogP contribution in [0.4, 0.5) is 70.2 Å². The predicted molar refractivity (Wildman–Crippen MR) is 299 cm³/mol. The number of aromatic hydroxyl groups is 1. The maximum absolute atomic E-state index is 14.6. The summed E-state index contributed by atoms with van der Waals surface area (Å²) in [6.45, 7) is -4.18. The molecule has 17 nitrogen and oxygen atoms in total. The summed E-state index contributed by atoms with van der Waals surface area (Å²) in [5, 5.41) is 35.7. The van der Waals surface area contributed by atoms with Gasteiger partial charge >= 0.3 is 35.8 Å². The lowest BCUT2D eigenvalue weighted by Gasteiger charge is -2.29. The fourth-order valence-corrected chi connectivity index (χ4v) is 8.28. The number of phenols is 1. The van der Waals surface area contributed by atoms with Gasteiger partial charge in [0.15, 0.2) is 52.3 Å². The molecule has 8 aromatic rings.